The van der Waals surface area contributed by atoms with Gasteiger partial charge in [0.05, 0.1) is 0 Å². The Morgan fingerprint density at radius 1 is 1.64 bits per heavy atom. The molecule has 1 aromatic rings. The Hall–Kier alpha value is -0.860. The summed E-state index contributed by atoms with van der Waals surface area (Å²) in [6, 6.07) is 6.57. The van der Waals surface area contributed by atoms with Gasteiger partial charge in [0.15, 0.2) is 0 Å². The maximum Gasteiger partial charge on any atom is 0.123 e. The van der Waals surface area contributed by atoms with E-state index < -0.39 is 0 Å². The average Bonchev–Trinajstić information content (AvgIpc) is 2.14. The quantitative estimate of drug-likeness (QED) is 0.810. The van der Waals surface area contributed by atoms with Crippen LogP contribution >= 0.6 is 11.6 Å². The van der Waals surface area contributed by atoms with Crippen molar-refractivity contribution >= 4 is 11.6 Å². The zero-order chi connectivity index (χ0) is 10.6. The highest BCUT2D eigenvalue weighted by molar-refractivity contribution is 6.29. The van der Waals surface area contributed by atoms with E-state index in [0.29, 0.717) is 11.6 Å². The molecule has 1 nitrogen and oxygen atoms in total. The number of benzene rings is 1. The molecule has 1 aromatic carbocycles. The first-order valence-corrected chi connectivity index (χ1v) is 4.79. The molecule has 0 aliphatic carbocycles. The van der Waals surface area contributed by atoms with E-state index >= 15 is 0 Å². The minimum absolute atomic E-state index is 0.0706. The Labute approximate surface area is 88.6 Å². The Balaban J connectivity index is 2.60. The molecule has 0 aliphatic rings. The summed E-state index contributed by atoms with van der Waals surface area (Å²) in [7, 11) is 0. The van der Waals surface area contributed by atoms with Gasteiger partial charge in [-0.25, -0.2) is 4.39 Å². The largest absolute Gasteiger partial charge is 0.305 e. The molecule has 0 radical (unpaired) electrons. The van der Waals surface area contributed by atoms with Crippen LogP contribution < -0.4 is 5.32 Å². The molecule has 0 fully saturated rings. The number of rotatable bonds is 4. The number of nitrogens with one attached hydrogen (secondary N) is 1. The molecule has 0 aliphatic heterocycles. The first kappa shape index (κ1) is 11.2. The van der Waals surface area contributed by atoms with Gasteiger partial charge in [0.25, 0.3) is 0 Å². The Bertz CT molecular complexity index is 325. The van der Waals surface area contributed by atoms with Crippen LogP contribution in [0.1, 0.15) is 18.5 Å². The first-order chi connectivity index (χ1) is 6.59. The van der Waals surface area contributed by atoms with Crippen molar-refractivity contribution in [3.8, 4) is 0 Å². The fourth-order valence-corrected chi connectivity index (χ4v) is 1.23. The second-order valence-corrected chi connectivity index (χ2v) is 3.71. The monoisotopic (exact) mass is 213 g/mol. The minimum Gasteiger partial charge on any atom is -0.305 e. The van der Waals surface area contributed by atoms with E-state index in [2.05, 4.69) is 11.9 Å². The van der Waals surface area contributed by atoms with Gasteiger partial charge in [-0.2, -0.15) is 0 Å². The molecule has 0 heterocycles. The highest BCUT2D eigenvalue weighted by atomic mass is 35.5. The van der Waals surface area contributed by atoms with E-state index in [9.17, 15) is 4.39 Å². The normalized spacial score (nSPS) is 12.5. The number of hydrogen-bond donors (Lipinski definition) is 1. The van der Waals surface area contributed by atoms with Gasteiger partial charge in [-0.05, 0) is 24.6 Å². The van der Waals surface area contributed by atoms with Crippen molar-refractivity contribution in [2.45, 2.75) is 13.0 Å². The lowest BCUT2D eigenvalue weighted by molar-refractivity contribution is 0.593. The summed E-state index contributed by atoms with van der Waals surface area (Å²) in [4.78, 5) is 0. The van der Waals surface area contributed by atoms with Crippen LogP contribution in [0, 0.1) is 5.82 Å². The summed E-state index contributed by atoms with van der Waals surface area (Å²) in [6.45, 7) is 6.05. The fourth-order valence-electron chi connectivity index (χ4n) is 1.16. The second-order valence-electron chi connectivity index (χ2n) is 3.17. The van der Waals surface area contributed by atoms with Crippen LogP contribution in [0.2, 0.25) is 0 Å². The van der Waals surface area contributed by atoms with E-state index in [1.165, 1.54) is 12.1 Å². The number of hydrogen-bond acceptors (Lipinski definition) is 1. The third-order valence-electron chi connectivity index (χ3n) is 1.95. The van der Waals surface area contributed by atoms with Crippen LogP contribution in [0.3, 0.4) is 0 Å². The van der Waals surface area contributed by atoms with Crippen LogP contribution in [0.25, 0.3) is 0 Å². The predicted octanol–water partition coefficient (Wildman–Crippen LogP) is 3.23. The van der Waals surface area contributed by atoms with Gasteiger partial charge in [-0.1, -0.05) is 30.3 Å². The molecule has 1 atom stereocenters. The van der Waals surface area contributed by atoms with Crippen molar-refractivity contribution in [3.05, 3.63) is 47.3 Å². The lowest BCUT2D eigenvalue weighted by atomic mass is 10.1. The zero-order valence-corrected chi connectivity index (χ0v) is 8.81. The van der Waals surface area contributed by atoms with Crippen molar-refractivity contribution in [1.82, 2.24) is 5.32 Å². The van der Waals surface area contributed by atoms with Crippen LogP contribution in [0.5, 0.6) is 0 Å². The molecular formula is C11H13ClFN. The van der Waals surface area contributed by atoms with Gasteiger partial charge in [0, 0.05) is 17.6 Å². The van der Waals surface area contributed by atoms with Crippen molar-refractivity contribution in [2.24, 2.45) is 0 Å². The lowest BCUT2D eigenvalue weighted by Gasteiger charge is -2.13. The molecule has 1 rings (SSSR count). The molecule has 76 valence electrons. The topological polar surface area (TPSA) is 12.0 Å². The molecule has 0 unspecified atom stereocenters. The molecular weight excluding hydrogens is 201 g/mol. The Kier molecular flexibility index (Phi) is 4.11. The maximum absolute atomic E-state index is 12.9. The average molecular weight is 214 g/mol. The molecule has 3 heteroatoms. The molecule has 0 amide bonds. The smallest absolute Gasteiger partial charge is 0.123 e. The second kappa shape index (κ2) is 5.13. The Morgan fingerprint density at radius 2 is 2.36 bits per heavy atom. The molecule has 0 aromatic heterocycles. The van der Waals surface area contributed by atoms with Crippen molar-refractivity contribution < 1.29 is 4.39 Å². The first-order valence-electron chi connectivity index (χ1n) is 4.41. The Morgan fingerprint density at radius 3 is 2.93 bits per heavy atom. The van der Waals surface area contributed by atoms with Crippen molar-refractivity contribution in [2.75, 3.05) is 6.54 Å². The molecule has 0 saturated carbocycles. The van der Waals surface area contributed by atoms with Gasteiger partial charge >= 0.3 is 0 Å². The van der Waals surface area contributed by atoms with E-state index in [1.54, 1.807) is 6.07 Å². The summed E-state index contributed by atoms with van der Waals surface area (Å²) in [5, 5.41) is 3.68. The van der Waals surface area contributed by atoms with Gasteiger partial charge in [0.2, 0.25) is 0 Å². The SMILES string of the molecule is C=C(Cl)CN[C@@H](C)c1cccc(F)c1. The molecule has 0 saturated heterocycles. The third kappa shape index (κ3) is 3.48. The van der Waals surface area contributed by atoms with Gasteiger partial charge < -0.3 is 5.32 Å². The van der Waals surface area contributed by atoms with Crippen LogP contribution in [-0.2, 0) is 0 Å². The molecule has 0 bridgehead atoms. The maximum atomic E-state index is 12.9. The number of halogens is 2. The van der Waals surface area contributed by atoms with E-state index in [-0.39, 0.29) is 11.9 Å². The van der Waals surface area contributed by atoms with Gasteiger partial charge in [-0.3, -0.25) is 0 Å². The summed E-state index contributed by atoms with van der Waals surface area (Å²) < 4.78 is 12.9. The van der Waals surface area contributed by atoms with E-state index in [4.69, 9.17) is 11.6 Å². The highest BCUT2D eigenvalue weighted by Gasteiger charge is 2.04. The minimum atomic E-state index is -0.221. The molecule has 1 N–H and O–H groups in total. The van der Waals surface area contributed by atoms with E-state index in [1.807, 2.05) is 13.0 Å². The van der Waals surface area contributed by atoms with Crippen LogP contribution in [-0.4, -0.2) is 6.54 Å². The summed E-state index contributed by atoms with van der Waals surface area (Å²) in [6.07, 6.45) is 0. The lowest BCUT2D eigenvalue weighted by Crippen LogP contribution is -2.19. The summed E-state index contributed by atoms with van der Waals surface area (Å²) in [5.74, 6) is -0.221. The molecule has 14 heavy (non-hydrogen) atoms. The molecule has 0 spiro atoms. The fraction of sp³-hybridized carbons (Fsp3) is 0.273. The van der Waals surface area contributed by atoms with Crippen LogP contribution in [0.15, 0.2) is 35.9 Å². The summed E-state index contributed by atoms with van der Waals surface area (Å²) >= 11 is 5.61. The standard InChI is InChI=1S/C11H13ClFN/c1-8(12)7-14-9(2)10-4-3-5-11(13)6-10/h3-6,9,14H,1,7H2,2H3/t9-/m0/s1. The van der Waals surface area contributed by atoms with Crippen molar-refractivity contribution in [3.63, 3.8) is 0 Å². The summed E-state index contributed by atoms with van der Waals surface area (Å²) in [5.41, 5.74) is 0.905. The predicted molar refractivity (Wildman–Crippen MR) is 57.8 cm³/mol. The third-order valence-corrected chi connectivity index (χ3v) is 2.08. The highest BCUT2D eigenvalue weighted by Crippen LogP contribution is 2.13. The van der Waals surface area contributed by atoms with Crippen LogP contribution in [0.4, 0.5) is 4.39 Å². The van der Waals surface area contributed by atoms with Crippen molar-refractivity contribution in [1.29, 1.82) is 0 Å². The zero-order valence-electron chi connectivity index (χ0n) is 8.06. The van der Waals surface area contributed by atoms with Gasteiger partial charge in [-0.15, -0.1) is 0 Å². The van der Waals surface area contributed by atoms with Gasteiger partial charge in [0.1, 0.15) is 5.82 Å². The van der Waals surface area contributed by atoms with E-state index in [0.717, 1.165) is 5.56 Å².